The molecular formula is C15H17BrN4. The van der Waals surface area contributed by atoms with Crippen LogP contribution in [0.15, 0.2) is 34.9 Å². The molecule has 1 aromatic heterocycles. The van der Waals surface area contributed by atoms with E-state index in [2.05, 4.69) is 31.9 Å². The van der Waals surface area contributed by atoms with Crippen molar-refractivity contribution in [1.29, 1.82) is 5.41 Å². The van der Waals surface area contributed by atoms with Gasteiger partial charge in [-0.3, -0.25) is 5.41 Å². The summed E-state index contributed by atoms with van der Waals surface area (Å²) in [5, 5.41) is 9.75. The van der Waals surface area contributed by atoms with Gasteiger partial charge in [0.1, 0.15) is 5.82 Å². The average molecular weight is 333 g/mol. The molecule has 0 amide bonds. The molecule has 1 aliphatic rings. The number of hydrogen-bond acceptors (Lipinski definition) is 3. The van der Waals surface area contributed by atoms with Crippen LogP contribution < -0.4 is 10.6 Å². The predicted molar refractivity (Wildman–Crippen MR) is 86.3 cm³/mol. The molecule has 0 unspecified atom stereocenters. The van der Waals surface area contributed by atoms with Gasteiger partial charge in [0.25, 0.3) is 0 Å². The normalized spacial score (nSPS) is 14.4. The van der Waals surface area contributed by atoms with E-state index in [4.69, 9.17) is 11.1 Å². The predicted octanol–water partition coefficient (Wildman–Crippen LogP) is 3.29. The van der Waals surface area contributed by atoms with Gasteiger partial charge in [0.15, 0.2) is 0 Å². The molecule has 104 valence electrons. The first-order chi connectivity index (χ1) is 9.66. The SMILES string of the molecule is N=C(N)CCN(c1nccc2c(Br)cccc12)C1CC1. The molecule has 1 aromatic carbocycles. The molecule has 3 N–H and O–H groups in total. The zero-order valence-corrected chi connectivity index (χ0v) is 12.7. The number of anilines is 1. The van der Waals surface area contributed by atoms with Gasteiger partial charge >= 0.3 is 0 Å². The van der Waals surface area contributed by atoms with Crippen molar-refractivity contribution >= 4 is 38.4 Å². The number of hydrogen-bond donors (Lipinski definition) is 2. The molecule has 0 bridgehead atoms. The first-order valence-corrected chi connectivity index (χ1v) is 7.59. The van der Waals surface area contributed by atoms with Crippen LogP contribution in [0.2, 0.25) is 0 Å². The molecule has 2 aromatic rings. The number of rotatable bonds is 5. The summed E-state index contributed by atoms with van der Waals surface area (Å²) >= 11 is 3.59. The van der Waals surface area contributed by atoms with E-state index in [9.17, 15) is 0 Å². The van der Waals surface area contributed by atoms with Crippen LogP contribution in [0.3, 0.4) is 0 Å². The lowest BCUT2D eigenvalue weighted by Gasteiger charge is -2.24. The highest BCUT2D eigenvalue weighted by Gasteiger charge is 2.30. The molecular weight excluding hydrogens is 316 g/mol. The molecule has 0 spiro atoms. The van der Waals surface area contributed by atoms with Gasteiger partial charge in [-0.1, -0.05) is 28.1 Å². The van der Waals surface area contributed by atoms with Crippen molar-refractivity contribution in [3.63, 3.8) is 0 Å². The van der Waals surface area contributed by atoms with Crippen LogP contribution in [0, 0.1) is 5.41 Å². The third-order valence-electron chi connectivity index (χ3n) is 3.61. The highest BCUT2D eigenvalue weighted by atomic mass is 79.9. The van der Waals surface area contributed by atoms with Crippen LogP contribution >= 0.6 is 15.9 Å². The van der Waals surface area contributed by atoms with E-state index in [0.29, 0.717) is 12.5 Å². The van der Waals surface area contributed by atoms with Crippen LogP contribution in [-0.2, 0) is 0 Å². The first-order valence-electron chi connectivity index (χ1n) is 6.79. The zero-order valence-electron chi connectivity index (χ0n) is 11.1. The standard InChI is InChI=1S/C15H17BrN4/c16-13-3-1-2-12-11(13)6-8-19-15(12)20(10-4-5-10)9-7-14(17)18/h1-3,6,8,10H,4-5,7,9H2,(H3,17,18). The van der Waals surface area contributed by atoms with Crippen molar-refractivity contribution in [2.45, 2.75) is 25.3 Å². The maximum Gasteiger partial charge on any atom is 0.136 e. The lowest BCUT2D eigenvalue weighted by Crippen LogP contribution is -2.30. The first kappa shape index (κ1) is 13.4. The third-order valence-corrected chi connectivity index (χ3v) is 4.31. The van der Waals surface area contributed by atoms with Gasteiger partial charge in [0, 0.05) is 40.4 Å². The summed E-state index contributed by atoms with van der Waals surface area (Å²) < 4.78 is 1.08. The summed E-state index contributed by atoms with van der Waals surface area (Å²) in [6.07, 6.45) is 4.84. The van der Waals surface area contributed by atoms with Gasteiger partial charge in [-0.15, -0.1) is 0 Å². The van der Waals surface area contributed by atoms with Crippen LogP contribution in [-0.4, -0.2) is 23.4 Å². The van der Waals surface area contributed by atoms with Crippen LogP contribution in [0.1, 0.15) is 19.3 Å². The number of nitrogens with two attached hydrogens (primary N) is 1. The number of halogens is 1. The zero-order chi connectivity index (χ0) is 14.1. The molecule has 5 heteroatoms. The van der Waals surface area contributed by atoms with Crippen molar-refractivity contribution < 1.29 is 0 Å². The second kappa shape index (κ2) is 5.40. The quantitative estimate of drug-likeness (QED) is 0.652. The molecule has 4 nitrogen and oxygen atoms in total. The van der Waals surface area contributed by atoms with Crippen LogP contribution in [0.25, 0.3) is 10.8 Å². The number of nitrogens with one attached hydrogen (secondary N) is 1. The van der Waals surface area contributed by atoms with E-state index in [1.165, 1.54) is 18.2 Å². The Bertz CT molecular complexity index is 651. The molecule has 0 aliphatic heterocycles. The maximum atomic E-state index is 7.43. The highest BCUT2D eigenvalue weighted by molar-refractivity contribution is 9.10. The van der Waals surface area contributed by atoms with E-state index < -0.39 is 0 Å². The number of pyridine rings is 1. The minimum Gasteiger partial charge on any atom is -0.388 e. The van der Waals surface area contributed by atoms with Gasteiger partial charge in [-0.25, -0.2) is 4.98 Å². The Hall–Kier alpha value is -1.62. The van der Waals surface area contributed by atoms with Crippen molar-refractivity contribution in [3.05, 3.63) is 34.9 Å². The molecule has 1 heterocycles. The van der Waals surface area contributed by atoms with Crippen molar-refractivity contribution in [1.82, 2.24) is 4.98 Å². The molecule has 20 heavy (non-hydrogen) atoms. The molecule has 3 rings (SSSR count). The van der Waals surface area contributed by atoms with Gasteiger partial charge in [-0.05, 0) is 25.0 Å². The number of aromatic nitrogens is 1. The number of amidine groups is 1. The van der Waals surface area contributed by atoms with Crippen molar-refractivity contribution in [2.24, 2.45) is 5.73 Å². The lowest BCUT2D eigenvalue weighted by molar-refractivity contribution is 0.786. The van der Waals surface area contributed by atoms with E-state index in [1.54, 1.807) is 0 Å². The molecule has 0 radical (unpaired) electrons. The Kier molecular flexibility index (Phi) is 3.61. The summed E-state index contributed by atoms with van der Waals surface area (Å²) in [6.45, 7) is 0.763. The molecule has 1 saturated carbocycles. The summed E-state index contributed by atoms with van der Waals surface area (Å²) in [6, 6.07) is 8.76. The Morgan fingerprint density at radius 2 is 2.15 bits per heavy atom. The molecule has 0 atom stereocenters. The lowest BCUT2D eigenvalue weighted by atomic mass is 10.1. The Balaban J connectivity index is 2.02. The third kappa shape index (κ3) is 2.63. The Morgan fingerprint density at radius 1 is 1.35 bits per heavy atom. The summed E-state index contributed by atoms with van der Waals surface area (Å²) in [5.41, 5.74) is 5.50. The van der Waals surface area contributed by atoms with Gasteiger partial charge in [-0.2, -0.15) is 0 Å². The summed E-state index contributed by atoms with van der Waals surface area (Å²) in [7, 11) is 0. The number of benzene rings is 1. The largest absolute Gasteiger partial charge is 0.388 e. The maximum absolute atomic E-state index is 7.43. The fourth-order valence-corrected chi connectivity index (χ4v) is 2.97. The van der Waals surface area contributed by atoms with Gasteiger partial charge < -0.3 is 10.6 Å². The van der Waals surface area contributed by atoms with Gasteiger partial charge in [0.05, 0.1) is 5.84 Å². The topological polar surface area (TPSA) is 66.0 Å². The van der Waals surface area contributed by atoms with Crippen LogP contribution in [0.4, 0.5) is 5.82 Å². The molecule has 1 fully saturated rings. The number of nitrogens with zero attached hydrogens (tertiary/aromatic N) is 2. The minimum atomic E-state index is 0.233. The van der Waals surface area contributed by atoms with Crippen molar-refractivity contribution in [3.8, 4) is 0 Å². The molecule has 1 aliphatic carbocycles. The molecule has 0 saturated heterocycles. The van der Waals surface area contributed by atoms with E-state index in [0.717, 1.165) is 22.2 Å². The minimum absolute atomic E-state index is 0.233. The van der Waals surface area contributed by atoms with Gasteiger partial charge in [0.2, 0.25) is 0 Å². The average Bonchev–Trinajstić information content (AvgIpc) is 3.24. The summed E-state index contributed by atoms with van der Waals surface area (Å²) in [5.74, 6) is 1.24. The monoisotopic (exact) mass is 332 g/mol. The van der Waals surface area contributed by atoms with E-state index in [-0.39, 0.29) is 5.84 Å². The fraction of sp³-hybridized carbons (Fsp3) is 0.333. The second-order valence-corrected chi connectivity index (χ2v) is 6.02. The second-order valence-electron chi connectivity index (χ2n) is 5.17. The van der Waals surface area contributed by atoms with Crippen LogP contribution in [0.5, 0.6) is 0 Å². The van der Waals surface area contributed by atoms with Crippen molar-refractivity contribution in [2.75, 3.05) is 11.4 Å². The Morgan fingerprint density at radius 3 is 2.85 bits per heavy atom. The van der Waals surface area contributed by atoms with E-state index in [1.807, 2.05) is 24.4 Å². The Labute approximate surface area is 126 Å². The number of fused-ring (bicyclic) bond motifs is 1. The highest BCUT2D eigenvalue weighted by Crippen LogP contribution is 2.36. The van der Waals surface area contributed by atoms with E-state index >= 15 is 0 Å². The smallest absolute Gasteiger partial charge is 0.136 e. The summed E-state index contributed by atoms with van der Waals surface area (Å²) in [4.78, 5) is 6.88. The fourth-order valence-electron chi connectivity index (χ4n) is 2.47.